The van der Waals surface area contributed by atoms with Crippen LogP contribution < -0.4 is 0 Å². The normalized spacial score (nSPS) is 11.0. The summed E-state index contributed by atoms with van der Waals surface area (Å²) in [4.78, 5) is 20.7. The Morgan fingerprint density at radius 1 is 0.786 bits per heavy atom. The zero-order valence-electron chi connectivity index (χ0n) is 7.31. The summed E-state index contributed by atoms with van der Waals surface area (Å²) in [6.45, 7) is 0. The third-order valence-corrected chi connectivity index (χ3v) is 1.58. The van der Waals surface area contributed by atoms with Crippen LogP contribution in [0.1, 0.15) is 25.7 Å². The van der Waals surface area contributed by atoms with Crippen LogP contribution in [0.3, 0.4) is 0 Å². The van der Waals surface area contributed by atoms with E-state index in [1.165, 1.54) is 0 Å². The summed E-state index contributed by atoms with van der Waals surface area (Å²) in [6.07, 6.45) is -6.67. The quantitative estimate of drug-likeness (QED) is 0.481. The molecule has 14 heavy (non-hydrogen) atoms. The van der Waals surface area contributed by atoms with Crippen molar-refractivity contribution in [2.75, 3.05) is 0 Å². The summed E-state index contributed by atoms with van der Waals surface area (Å²) in [5.74, 6) is -2.43. The summed E-state index contributed by atoms with van der Waals surface area (Å²) in [5.41, 5.74) is 0. The van der Waals surface area contributed by atoms with Gasteiger partial charge in [-0.3, -0.25) is 9.59 Å². The molecule has 2 nitrogen and oxygen atoms in total. The van der Waals surface area contributed by atoms with E-state index >= 15 is 0 Å². The van der Waals surface area contributed by atoms with Crippen LogP contribution >= 0.6 is 0 Å². The minimum absolute atomic E-state index is 0.0433. The molecular formula is C8H10F4O2. The lowest BCUT2D eigenvalue weighted by Crippen LogP contribution is -2.11. The fourth-order valence-electron chi connectivity index (χ4n) is 0.817. The minimum Gasteiger partial charge on any atom is -0.293 e. The van der Waals surface area contributed by atoms with Crippen LogP contribution in [-0.2, 0) is 9.59 Å². The van der Waals surface area contributed by atoms with E-state index in [-0.39, 0.29) is 25.7 Å². The van der Waals surface area contributed by atoms with E-state index in [1.54, 1.807) is 0 Å². The predicted octanol–water partition coefficient (Wildman–Crippen LogP) is 2.22. The van der Waals surface area contributed by atoms with Crippen molar-refractivity contribution in [1.29, 1.82) is 0 Å². The minimum atomic E-state index is -3.01. The highest BCUT2D eigenvalue weighted by molar-refractivity contribution is 5.82. The topological polar surface area (TPSA) is 34.1 Å². The number of unbranched alkanes of at least 4 members (excludes halogenated alkanes) is 1. The fourth-order valence-corrected chi connectivity index (χ4v) is 0.817. The Morgan fingerprint density at radius 2 is 1.07 bits per heavy atom. The number of carbonyl (C=O) groups excluding carboxylic acids is 2. The maximum absolute atomic E-state index is 11.6. The van der Waals surface area contributed by atoms with Crippen molar-refractivity contribution in [3.63, 3.8) is 0 Å². The molecule has 0 aliphatic heterocycles. The van der Waals surface area contributed by atoms with Gasteiger partial charge in [0.05, 0.1) is 0 Å². The summed E-state index contributed by atoms with van der Waals surface area (Å²) in [6, 6.07) is 0. The van der Waals surface area contributed by atoms with E-state index < -0.39 is 24.4 Å². The Morgan fingerprint density at radius 3 is 1.29 bits per heavy atom. The van der Waals surface area contributed by atoms with Gasteiger partial charge in [0, 0.05) is 12.8 Å². The van der Waals surface area contributed by atoms with Gasteiger partial charge in [0.15, 0.2) is 11.6 Å². The van der Waals surface area contributed by atoms with Gasteiger partial charge in [-0.1, -0.05) is 0 Å². The highest BCUT2D eigenvalue weighted by atomic mass is 19.3. The van der Waals surface area contributed by atoms with Crippen molar-refractivity contribution in [3.05, 3.63) is 0 Å². The van der Waals surface area contributed by atoms with E-state index in [9.17, 15) is 27.2 Å². The molecule has 6 heteroatoms. The number of carbonyl (C=O) groups is 2. The lowest BCUT2D eigenvalue weighted by atomic mass is 10.1. The maximum atomic E-state index is 11.6. The molecule has 0 spiro atoms. The highest BCUT2D eigenvalue weighted by Gasteiger charge is 2.16. The third kappa shape index (κ3) is 5.66. The van der Waals surface area contributed by atoms with Crippen LogP contribution in [0, 0.1) is 0 Å². The molecule has 0 radical (unpaired) electrons. The molecule has 0 aliphatic carbocycles. The van der Waals surface area contributed by atoms with E-state index in [1.807, 2.05) is 0 Å². The molecule has 0 atom stereocenters. The molecule has 82 valence electrons. The van der Waals surface area contributed by atoms with Gasteiger partial charge in [-0.15, -0.1) is 0 Å². The van der Waals surface area contributed by atoms with Crippen LogP contribution in [0.5, 0.6) is 0 Å². The van der Waals surface area contributed by atoms with Gasteiger partial charge in [0.25, 0.3) is 12.9 Å². The molecule has 0 amide bonds. The molecule has 0 aromatic carbocycles. The number of hydrogen-bond acceptors (Lipinski definition) is 2. The Kier molecular flexibility index (Phi) is 6.07. The van der Waals surface area contributed by atoms with Crippen LogP contribution in [0.2, 0.25) is 0 Å². The van der Waals surface area contributed by atoms with Gasteiger partial charge in [0.1, 0.15) is 0 Å². The van der Waals surface area contributed by atoms with E-state index in [2.05, 4.69) is 0 Å². The molecule has 0 saturated heterocycles. The van der Waals surface area contributed by atoms with Crippen molar-refractivity contribution < 1.29 is 27.2 Å². The van der Waals surface area contributed by atoms with Crippen LogP contribution in [0.15, 0.2) is 0 Å². The Bertz CT molecular complexity index is 182. The third-order valence-electron chi connectivity index (χ3n) is 1.58. The van der Waals surface area contributed by atoms with Crippen molar-refractivity contribution in [2.45, 2.75) is 38.5 Å². The maximum Gasteiger partial charge on any atom is 0.295 e. The summed E-state index contributed by atoms with van der Waals surface area (Å²) in [7, 11) is 0. The molecule has 0 N–H and O–H groups in total. The predicted molar refractivity (Wildman–Crippen MR) is 40.5 cm³/mol. The van der Waals surface area contributed by atoms with Gasteiger partial charge in [-0.2, -0.15) is 0 Å². The van der Waals surface area contributed by atoms with Gasteiger partial charge >= 0.3 is 0 Å². The highest BCUT2D eigenvalue weighted by Crippen LogP contribution is 2.08. The van der Waals surface area contributed by atoms with Gasteiger partial charge in [-0.25, -0.2) is 17.6 Å². The SMILES string of the molecule is O=C(CCCCC(=O)C(F)F)C(F)F. The smallest absolute Gasteiger partial charge is 0.293 e. The monoisotopic (exact) mass is 214 g/mol. The Labute approximate surface area is 78.3 Å². The van der Waals surface area contributed by atoms with Gasteiger partial charge in [-0.05, 0) is 12.8 Å². The van der Waals surface area contributed by atoms with Crippen LogP contribution in [0.4, 0.5) is 17.6 Å². The average Bonchev–Trinajstić information content (AvgIpc) is 2.11. The summed E-state index contributed by atoms with van der Waals surface area (Å²) >= 11 is 0. The summed E-state index contributed by atoms with van der Waals surface area (Å²) < 4.78 is 46.4. The molecule has 0 saturated carbocycles. The second-order valence-electron chi connectivity index (χ2n) is 2.74. The standard InChI is InChI=1S/C8H10F4O2/c9-7(10)5(13)3-1-2-4-6(14)8(11)12/h7-8H,1-4H2. The summed E-state index contributed by atoms with van der Waals surface area (Å²) in [5, 5.41) is 0. The number of rotatable bonds is 7. The largest absolute Gasteiger partial charge is 0.295 e. The molecule has 0 heterocycles. The molecule has 0 aliphatic rings. The molecule has 0 unspecified atom stereocenters. The first-order chi connectivity index (χ1) is 6.45. The number of alkyl halides is 4. The Balaban J connectivity index is 3.48. The van der Waals surface area contributed by atoms with Crippen molar-refractivity contribution in [1.82, 2.24) is 0 Å². The molecule has 0 aromatic heterocycles. The molecule has 0 aromatic rings. The zero-order valence-corrected chi connectivity index (χ0v) is 7.31. The molecule has 0 fully saturated rings. The van der Waals surface area contributed by atoms with Crippen molar-refractivity contribution in [2.24, 2.45) is 0 Å². The van der Waals surface area contributed by atoms with Gasteiger partial charge < -0.3 is 0 Å². The lowest BCUT2D eigenvalue weighted by molar-refractivity contribution is -0.131. The van der Waals surface area contributed by atoms with Crippen molar-refractivity contribution in [3.8, 4) is 0 Å². The Hall–Kier alpha value is -0.940. The fraction of sp³-hybridized carbons (Fsp3) is 0.750. The number of halogens is 4. The van der Waals surface area contributed by atoms with E-state index in [0.29, 0.717) is 0 Å². The van der Waals surface area contributed by atoms with Crippen LogP contribution in [-0.4, -0.2) is 24.4 Å². The first-order valence-electron chi connectivity index (χ1n) is 4.07. The lowest BCUT2D eigenvalue weighted by Gasteiger charge is -1.99. The first-order valence-corrected chi connectivity index (χ1v) is 4.07. The average molecular weight is 214 g/mol. The molecular weight excluding hydrogens is 204 g/mol. The molecule has 0 bridgehead atoms. The second-order valence-corrected chi connectivity index (χ2v) is 2.74. The van der Waals surface area contributed by atoms with Crippen LogP contribution in [0.25, 0.3) is 0 Å². The number of hydrogen-bond donors (Lipinski definition) is 0. The molecule has 0 rings (SSSR count). The van der Waals surface area contributed by atoms with Crippen molar-refractivity contribution >= 4 is 11.6 Å². The first kappa shape index (κ1) is 13.1. The van der Waals surface area contributed by atoms with E-state index in [0.717, 1.165) is 0 Å². The van der Waals surface area contributed by atoms with Gasteiger partial charge in [0.2, 0.25) is 0 Å². The number of Topliss-reactive ketones (excluding diaryl/α,β-unsaturated/α-hetero) is 2. The van der Waals surface area contributed by atoms with E-state index in [4.69, 9.17) is 0 Å². The second kappa shape index (κ2) is 6.50. The number of ketones is 2. The zero-order chi connectivity index (χ0) is 11.1.